The monoisotopic (exact) mass is 317 g/mol. The van der Waals surface area contributed by atoms with Gasteiger partial charge in [-0.2, -0.15) is 0 Å². The van der Waals surface area contributed by atoms with Gasteiger partial charge in [0.05, 0.1) is 13.0 Å². The molecular weight excluding hydrogens is 298 g/mol. The minimum absolute atomic E-state index is 0.00244. The molecule has 0 spiro atoms. The standard InChI is InChI=1S/C16H19N3O4/c1-9(2)19-14(20)8-12(15(19)21)18-16(22)17-11-3-4-13-10(7-11)5-6-23-13/h3-4,7,9,12H,5-6,8H2,1-2H3,(H2,17,18,22)/t12-/m1/s1. The summed E-state index contributed by atoms with van der Waals surface area (Å²) < 4.78 is 5.41. The van der Waals surface area contributed by atoms with Crippen molar-refractivity contribution in [2.24, 2.45) is 0 Å². The molecule has 1 saturated heterocycles. The van der Waals surface area contributed by atoms with Gasteiger partial charge < -0.3 is 15.4 Å². The van der Waals surface area contributed by atoms with Crippen LogP contribution in [0.1, 0.15) is 25.8 Å². The molecule has 0 bridgehead atoms. The summed E-state index contributed by atoms with van der Waals surface area (Å²) in [5.41, 5.74) is 1.67. The normalized spacial score (nSPS) is 19.8. The Morgan fingerprint density at radius 1 is 1.35 bits per heavy atom. The lowest BCUT2D eigenvalue weighted by Gasteiger charge is -2.19. The molecule has 2 heterocycles. The zero-order valence-corrected chi connectivity index (χ0v) is 13.1. The number of rotatable bonds is 3. The number of amides is 4. The second kappa shape index (κ2) is 5.91. The number of ether oxygens (including phenoxy) is 1. The average molecular weight is 317 g/mol. The Morgan fingerprint density at radius 2 is 2.13 bits per heavy atom. The Labute approximate surface area is 134 Å². The summed E-state index contributed by atoms with van der Waals surface area (Å²) in [6.07, 6.45) is 0.813. The van der Waals surface area contributed by atoms with E-state index in [-0.39, 0.29) is 24.3 Å². The van der Waals surface area contributed by atoms with E-state index in [9.17, 15) is 14.4 Å². The van der Waals surface area contributed by atoms with E-state index in [1.54, 1.807) is 19.9 Å². The van der Waals surface area contributed by atoms with E-state index in [2.05, 4.69) is 10.6 Å². The number of carbonyl (C=O) groups is 3. The summed E-state index contributed by atoms with van der Waals surface area (Å²) in [7, 11) is 0. The van der Waals surface area contributed by atoms with Crippen LogP contribution < -0.4 is 15.4 Å². The number of likely N-dealkylation sites (tertiary alicyclic amines) is 1. The van der Waals surface area contributed by atoms with Gasteiger partial charge in [-0.3, -0.25) is 14.5 Å². The second-order valence-electron chi connectivity index (χ2n) is 5.97. The van der Waals surface area contributed by atoms with Gasteiger partial charge in [-0.1, -0.05) is 0 Å². The molecule has 4 amide bonds. The topological polar surface area (TPSA) is 87.7 Å². The molecule has 1 aromatic carbocycles. The molecule has 1 aromatic rings. The zero-order chi connectivity index (χ0) is 16.6. The van der Waals surface area contributed by atoms with Gasteiger partial charge in [0.2, 0.25) is 5.91 Å². The number of anilines is 1. The molecular formula is C16H19N3O4. The first-order chi connectivity index (χ1) is 11.0. The maximum atomic E-state index is 12.1. The first kappa shape index (κ1) is 15.3. The van der Waals surface area contributed by atoms with Crippen molar-refractivity contribution in [3.05, 3.63) is 23.8 Å². The largest absolute Gasteiger partial charge is 0.493 e. The molecule has 3 rings (SSSR count). The van der Waals surface area contributed by atoms with Crippen molar-refractivity contribution in [2.45, 2.75) is 38.8 Å². The van der Waals surface area contributed by atoms with Gasteiger partial charge in [0.1, 0.15) is 11.8 Å². The lowest BCUT2D eigenvalue weighted by molar-refractivity contribution is -0.140. The lowest BCUT2D eigenvalue weighted by atomic mass is 10.1. The molecule has 1 atom stereocenters. The van der Waals surface area contributed by atoms with Crippen molar-refractivity contribution in [3.8, 4) is 5.75 Å². The van der Waals surface area contributed by atoms with Crippen LogP contribution >= 0.6 is 0 Å². The van der Waals surface area contributed by atoms with Crippen LogP contribution in [0.4, 0.5) is 10.5 Å². The number of nitrogens with one attached hydrogen (secondary N) is 2. The third-order valence-electron chi connectivity index (χ3n) is 3.95. The maximum Gasteiger partial charge on any atom is 0.319 e. The summed E-state index contributed by atoms with van der Waals surface area (Å²) in [5.74, 6) is 0.215. The summed E-state index contributed by atoms with van der Waals surface area (Å²) in [4.78, 5) is 37.2. The van der Waals surface area contributed by atoms with Crippen LogP contribution in [0.25, 0.3) is 0 Å². The van der Waals surface area contributed by atoms with Gasteiger partial charge in [0.15, 0.2) is 0 Å². The van der Waals surface area contributed by atoms with Crippen LogP contribution in [-0.4, -0.2) is 41.4 Å². The predicted molar refractivity (Wildman–Crippen MR) is 83.2 cm³/mol. The molecule has 122 valence electrons. The Bertz CT molecular complexity index is 671. The van der Waals surface area contributed by atoms with Crippen LogP contribution in [0.3, 0.4) is 0 Å². The second-order valence-corrected chi connectivity index (χ2v) is 5.97. The van der Waals surface area contributed by atoms with Gasteiger partial charge in [0, 0.05) is 18.2 Å². The number of hydrogen-bond acceptors (Lipinski definition) is 4. The number of nitrogens with zero attached hydrogens (tertiary/aromatic N) is 1. The van der Waals surface area contributed by atoms with Crippen molar-refractivity contribution in [3.63, 3.8) is 0 Å². The molecule has 0 aromatic heterocycles. The summed E-state index contributed by atoms with van der Waals surface area (Å²) >= 11 is 0. The highest BCUT2D eigenvalue weighted by atomic mass is 16.5. The minimum Gasteiger partial charge on any atom is -0.493 e. The first-order valence-electron chi connectivity index (χ1n) is 7.65. The van der Waals surface area contributed by atoms with Crippen molar-refractivity contribution < 1.29 is 19.1 Å². The molecule has 7 nitrogen and oxygen atoms in total. The molecule has 0 unspecified atom stereocenters. The summed E-state index contributed by atoms with van der Waals surface area (Å²) in [6.45, 7) is 4.18. The molecule has 1 fully saturated rings. The highest BCUT2D eigenvalue weighted by molar-refractivity contribution is 6.07. The highest BCUT2D eigenvalue weighted by Crippen LogP contribution is 2.27. The lowest BCUT2D eigenvalue weighted by Crippen LogP contribution is -2.45. The molecule has 7 heteroatoms. The van der Waals surface area contributed by atoms with E-state index in [1.165, 1.54) is 4.90 Å². The van der Waals surface area contributed by atoms with Crippen molar-refractivity contribution in [1.29, 1.82) is 0 Å². The van der Waals surface area contributed by atoms with E-state index in [4.69, 9.17) is 4.74 Å². The molecule has 23 heavy (non-hydrogen) atoms. The Balaban J connectivity index is 1.62. The average Bonchev–Trinajstić information content (AvgIpc) is 3.03. The Hall–Kier alpha value is -2.57. The molecule has 0 saturated carbocycles. The number of carbonyl (C=O) groups excluding carboxylic acids is 3. The first-order valence-corrected chi connectivity index (χ1v) is 7.65. The van der Waals surface area contributed by atoms with Crippen LogP contribution in [0, 0.1) is 0 Å². The van der Waals surface area contributed by atoms with E-state index in [0.717, 1.165) is 17.7 Å². The quantitative estimate of drug-likeness (QED) is 0.822. The van der Waals surface area contributed by atoms with Crippen LogP contribution in [-0.2, 0) is 16.0 Å². The van der Waals surface area contributed by atoms with E-state index in [1.807, 2.05) is 12.1 Å². The van der Waals surface area contributed by atoms with E-state index >= 15 is 0 Å². The zero-order valence-electron chi connectivity index (χ0n) is 13.1. The summed E-state index contributed by atoms with van der Waals surface area (Å²) in [5, 5.41) is 5.26. The third-order valence-corrected chi connectivity index (χ3v) is 3.95. The van der Waals surface area contributed by atoms with E-state index in [0.29, 0.717) is 12.3 Å². The Morgan fingerprint density at radius 3 is 2.83 bits per heavy atom. The summed E-state index contributed by atoms with van der Waals surface area (Å²) in [6, 6.07) is 3.89. The van der Waals surface area contributed by atoms with Crippen LogP contribution in [0.5, 0.6) is 5.75 Å². The SMILES string of the molecule is CC(C)N1C(=O)C[C@@H](NC(=O)Nc2ccc3c(c2)CCO3)C1=O. The van der Waals surface area contributed by atoms with Crippen molar-refractivity contribution in [2.75, 3.05) is 11.9 Å². The highest BCUT2D eigenvalue weighted by Gasteiger charge is 2.40. The molecule has 0 aliphatic carbocycles. The van der Waals surface area contributed by atoms with Crippen molar-refractivity contribution in [1.82, 2.24) is 10.2 Å². The smallest absolute Gasteiger partial charge is 0.319 e. The van der Waals surface area contributed by atoms with Gasteiger partial charge in [-0.15, -0.1) is 0 Å². The number of hydrogen-bond donors (Lipinski definition) is 2. The van der Waals surface area contributed by atoms with Crippen molar-refractivity contribution >= 4 is 23.5 Å². The number of imide groups is 1. The molecule has 2 aliphatic rings. The van der Waals surface area contributed by atoms with E-state index < -0.39 is 12.1 Å². The predicted octanol–water partition coefficient (Wildman–Crippen LogP) is 1.28. The molecule has 2 aliphatic heterocycles. The van der Waals surface area contributed by atoms with Gasteiger partial charge in [-0.05, 0) is 37.6 Å². The maximum absolute atomic E-state index is 12.1. The van der Waals surface area contributed by atoms with Crippen LogP contribution in [0.15, 0.2) is 18.2 Å². The third kappa shape index (κ3) is 2.99. The van der Waals surface area contributed by atoms with Crippen LogP contribution in [0.2, 0.25) is 0 Å². The number of urea groups is 1. The fraction of sp³-hybridized carbons (Fsp3) is 0.438. The fourth-order valence-electron chi connectivity index (χ4n) is 2.90. The number of benzene rings is 1. The van der Waals surface area contributed by atoms with Gasteiger partial charge in [-0.25, -0.2) is 4.79 Å². The molecule has 2 N–H and O–H groups in total. The Kier molecular flexibility index (Phi) is 3.94. The molecule has 0 radical (unpaired) electrons. The minimum atomic E-state index is -0.803. The fourth-order valence-corrected chi connectivity index (χ4v) is 2.90. The number of fused-ring (bicyclic) bond motifs is 1. The van der Waals surface area contributed by atoms with Gasteiger partial charge in [0.25, 0.3) is 5.91 Å². The van der Waals surface area contributed by atoms with Gasteiger partial charge >= 0.3 is 6.03 Å².